The minimum Gasteiger partial charge on any atom is -0.481 e. The van der Waals surface area contributed by atoms with Gasteiger partial charge in [-0.15, -0.1) is 11.3 Å². The Labute approximate surface area is 139 Å². The maximum absolute atomic E-state index is 11.5. The van der Waals surface area contributed by atoms with Crippen LogP contribution in [0, 0.1) is 5.92 Å². The molecule has 0 aliphatic rings. The quantitative estimate of drug-likeness (QED) is 0.575. The van der Waals surface area contributed by atoms with Crippen molar-refractivity contribution >= 4 is 51.2 Å². The number of hydrogen-bond acceptors (Lipinski definition) is 7. The predicted molar refractivity (Wildman–Crippen MR) is 85.1 cm³/mol. The molecule has 0 saturated carbocycles. The van der Waals surface area contributed by atoms with Crippen LogP contribution in [-0.4, -0.2) is 46.0 Å². The molecule has 0 saturated heterocycles. The number of esters is 1. The van der Waals surface area contributed by atoms with Crippen LogP contribution >= 0.6 is 23.1 Å². The highest BCUT2D eigenvalue weighted by molar-refractivity contribution is 8.01. The Bertz CT molecular complexity index is 757. The highest BCUT2D eigenvalue weighted by atomic mass is 32.2. The molecule has 9 heteroatoms. The third-order valence-electron chi connectivity index (χ3n) is 2.97. The Morgan fingerprint density at radius 2 is 2.09 bits per heavy atom. The number of methoxy groups -OCH3 is 1. The van der Waals surface area contributed by atoms with Crippen LogP contribution in [0.3, 0.4) is 0 Å². The average molecular weight is 355 g/mol. The third kappa shape index (κ3) is 4.42. The van der Waals surface area contributed by atoms with Crippen LogP contribution in [0.25, 0.3) is 10.2 Å². The number of aliphatic carboxylic acids is 2. The first-order chi connectivity index (χ1) is 10.9. The molecule has 23 heavy (non-hydrogen) atoms. The average Bonchev–Trinajstić information content (AvgIpc) is 2.91. The molecule has 0 spiro atoms. The topological polar surface area (TPSA) is 114 Å². The van der Waals surface area contributed by atoms with Gasteiger partial charge >= 0.3 is 17.9 Å². The summed E-state index contributed by atoms with van der Waals surface area (Å²) in [6, 6.07) is 4.95. The van der Waals surface area contributed by atoms with Crippen LogP contribution in [0.5, 0.6) is 0 Å². The molecular weight excluding hydrogens is 342 g/mol. The number of rotatable bonds is 7. The second kappa shape index (κ2) is 7.42. The number of nitrogens with zero attached hydrogens (tertiary/aromatic N) is 1. The van der Waals surface area contributed by atoms with Crippen molar-refractivity contribution in [3.63, 3.8) is 0 Å². The lowest BCUT2D eigenvalue weighted by Crippen LogP contribution is -2.19. The van der Waals surface area contributed by atoms with E-state index in [4.69, 9.17) is 10.2 Å². The van der Waals surface area contributed by atoms with Gasteiger partial charge in [0.25, 0.3) is 0 Å². The van der Waals surface area contributed by atoms with Gasteiger partial charge in [0, 0.05) is 5.75 Å². The molecule has 7 nitrogen and oxygen atoms in total. The molecule has 0 radical (unpaired) electrons. The number of ether oxygens (including phenoxy) is 1. The van der Waals surface area contributed by atoms with Crippen molar-refractivity contribution < 1.29 is 29.3 Å². The lowest BCUT2D eigenvalue weighted by molar-refractivity contribution is -0.147. The summed E-state index contributed by atoms with van der Waals surface area (Å²) >= 11 is 2.51. The van der Waals surface area contributed by atoms with Gasteiger partial charge < -0.3 is 14.9 Å². The van der Waals surface area contributed by atoms with E-state index in [0.29, 0.717) is 15.4 Å². The van der Waals surface area contributed by atoms with E-state index in [0.717, 1.165) is 4.70 Å². The molecule has 1 aromatic heterocycles. The molecule has 1 heterocycles. The van der Waals surface area contributed by atoms with Crippen molar-refractivity contribution in [2.24, 2.45) is 5.92 Å². The Morgan fingerprint density at radius 1 is 1.35 bits per heavy atom. The Hall–Kier alpha value is -2.13. The molecule has 0 fully saturated rings. The van der Waals surface area contributed by atoms with Gasteiger partial charge in [-0.2, -0.15) is 0 Å². The third-order valence-corrected chi connectivity index (χ3v) is 5.29. The summed E-state index contributed by atoms with van der Waals surface area (Å²) in [5.41, 5.74) is 1.10. The first-order valence-electron chi connectivity index (χ1n) is 6.47. The fourth-order valence-corrected chi connectivity index (χ4v) is 4.02. The van der Waals surface area contributed by atoms with E-state index in [2.05, 4.69) is 9.72 Å². The minimum atomic E-state index is -1.15. The summed E-state index contributed by atoms with van der Waals surface area (Å²) in [5, 5.41) is 17.7. The second-order valence-electron chi connectivity index (χ2n) is 4.60. The van der Waals surface area contributed by atoms with Gasteiger partial charge in [-0.1, -0.05) is 11.8 Å². The highest BCUT2D eigenvalue weighted by Gasteiger charge is 2.22. The lowest BCUT2D eigenvalue weighted by Gasteiger charge is -2.07. The van der Waals surface area contributed by atoms with Crippen molar-refractivity contribution in [3.05, 3.63) is 23.8 Å². The van der Waals surface area contributed by atoms with E-state index in [-0.39, 0.29) is 5.75 Å². The molecule has 0 bridgehead atoms. The van der Waals surface area contributed by atoms with E-state index < -0.39 is 30.2 Å². The zero-order valence-electron chi connectivity index (χ0n) is 12.0. The minimum absolute atomic E-state index is 0.116. The number of carboxylic acid groups (broad SMARTS) is 2. The van der Waals surface area contributed by atoms with Gasteiger partial charge in [0.2, 0.25) is 0 Å². The normalized spacial score (nSPS) is 12.0. The summed E-state index contributed by atoms with van der Waals surface area (Å²) in [7, 11) is 1.30. The zero-order chi connectivity index (χ0) is 17.0. The molecule has 0 amide bonds. The van der Waals surface area contributed by atoms with Crippen LogP contribution in [0.2, 0.25) is 0 Å². The van der Waals surface area contributed by atoms with Crippen molar-refractivity contribution in [1.82, 2.24) is 4.98 Å². The number of carbonyl (C=O) groups excluding carboxylic acids is 1. The molecule has 1 unspecified atom stereocenters. The molecule has 122 valence electrons. The standard InChI is InChI=1S/C14H13NO6S2/c1-21-13(20)7-2-3-9-10(4-7)23-14(15-9)22-6-8(12(18)19)5-11(16)17/h2-4,8H,5-6H2,1H3,(H,16,17)(H,18,19). The molecule has 2 N–H and O–H groups in total. The molecule has 1 aromatic carbocycles. The van der Waals surface area contributed by atoms with Crippen LogP contribution in [0.4, 0.5) is 0 Å². The van der Waals surface area contributed by atoms with E-state index in [1.165, 1.54) is 30.2 Å². The van der Waals surface area contributed by atoms with Crippen LogP contribution in [0.1, 0.15) is 16.8 Å². The summed E-state index contributed by atoms with van der Waals surface area (Å²) in [5.74, 6) is -3.60. The largest absolute Gasteiger partial charge is 0.481 e. The van der Waals surface area contributed by atoms with Gasteiger partial charge in [0.1, 0.15) is 0 Å². The number of thiazole rings is 1. The maximum atomic E-state index is 11.5. The fraction of sp³-hybridized carbons (Fsp3) is 0.286. The first kappa shape index (κ1) is 17.2. The maximum Gasteiger partial charge on any atom is 0.337 e. The number of benzene rings is 1. The van der Waals surface area contributed by atoms with Gasteiger partial charge in [0.05, 0.1) is 35.2 Å². The summed E-state index contributed by atoms with van der Waals surface area (Å²) in [6.07, 6.45) is -0.431. The SMILES string of the molecule is COC(=O)c1ccc2nc(SCC(CC(=O)O)C(=O)O)sc2c1. The molecule has 0 aliphatic heterocycles. The van der Waals surface area contributed by atoms with Crippen molar-refractivity contribution in [1.29, 1.82) is 0 Å². The Balaban J connectivity index is 2.12. The smallest absolute Gasteiger partial charge is 0.337 e. The number of thioether (sulfide) groups is 1. The van der Waals surface area contributed by atoms with E-state index in [1.807, 2.05) is 0 Å². The van der Waals surface area contributed by atoms with Gasteiger partial charge in [-0.3, -0.25) is 9.59 Å². The van der Waals surface area contributed by atoms with Gasteiger partial charge in [-0.25, -0.2) is 9.78 Å². The number of aromatic nitrogens is 1. The summed E-state index contributed by atoms with van der Waals surface area (Å²) < 4.78 is 6.06. The number of carbonyl (C=O) groups is 3. The summed E-state index contributed by atoms with van der Waals surface area (Å²) in [4.78, 5) is 37.5. The van der Waals surface area contributed by atoms with Crippen molar-refractivity contribution in [2.45, 2.75) is 10.8 Å². The first-order valence-corrected chi connectivity index (χ1v) is 8.27. The monoisotopic (exact) mass is 355 g/mol. The van der Waals surface area contributed by atoms with Crippen molar-refractivity contribution in [3.8, 4) is 0 Å². The molecule has 2 rings (SSSR count). The van der Waals surface area contributed by atoms with E-state index >= 15 is 0 Å². The molecule has 2 aromatic rings. The fourth-order valence-electron chi connectivity index (χ4n) is 1.81. The van der Waals surface area contributed by atoms with Crippen LogP contribution < -0.4 is 0 Å². The molecule has 0 aliphatic carbocycles. The molecular formula is C14H13NO6S2. The number of carboxylic acids is 2. The lowest BCUT2D eigenvalue weighted by atomic mass is 10.1. The second-order valence-corrected chi connectivity index (χ2v) is 6.90. The molecule has 1 atom stereocenters. The van der Waals surface area contributed by atoms with Crippen molar-refractivity contribution in [2.75, 3.05) is 12.9 Å². The predicted octanol–water partition coefficient (Wildman–Crippen LogP) is 2.35. The van der Waals surface area contributed by atoms with Gasteiger partial charge in [0.15, 0.2) is 4.34 Å². The number of fused-ring (bicyclic) bond motifs is 1. The Morgan fingerprint density at radius 3 is 2.70 bits per heavy atom. The van der Waals surface area contributed by atoms with Crippen LogP contribution in [0.15, 0.2) is 22.5 Å². The summed E-state index contributed by atoms with van der Waals surface area (Å²) in [6.45, 7) is 0. The van der Waals surface area contributed by atoms with Crippen LogP contribution in [-0.2, 0) is 14.3 Å². The zero-order valence-corrected chi connectivity index (χ0v) is 13.6. The highest BCUT2D eigenvalue weighted by Crippen LogP contribution is 2.31. The Kier molecular flexibility index (Phi) is 5.56. The van der Waals surface area contributed by atoms with E-state index in [1.54, 1.807) is 18.2 Å². The van der Waals surface area contributed by atoms with Gasteiger partial charge in [-0.05, 0) is 18.2 Å². The van der Waals surface area contributed by atoms with E-state index in [9.17, 15) is 14.4 Å². The number of hydrogen-bond donors (Lipinski definition) is 2.